The van der Waals surface area contributed by atoms with E-state index in [1.165, 1.54) is 5.56 Å². The van der Waals surface area contributed by atoms with Crippen molar-refractivity contribution in [1.29, 1.82) is 0 Å². The molecule has 112 valence electrons. The average Bonchev–Trinajstić information content (AvgIpc) is 2.35. The maximum atomic E-state index is 9.16. The summed E-state index contributed by atoms with van der Waals surface area (Å²) in [7, 11) is 0. The first-order valence-corrected chi connectivity index (χ1v) is 7.05. The van der Waals surface area contributed by atoms with E-state index in [1.54, 1.807) is 0 Å². The Morgan fingerprint density at radius 3 is 2.65 bits per heavy atom. The molecule has 0 radical (unpaired) electrons. The zero-order valence-electron chi connectivity index (χ0n) is 13.1. The van der Waals surface area contributed by atoms with Crippen LogP contribution in [0.4, 0.5) is 5.82 Å². The number of hydrogen-bond donors (Lipinski definition) is 2. The van der Waals surface area contributed by atoms with Crippen molar-refractivity contribution in [3.8, 4) is 0 Å². The van der Waals surface area contributed by atoms with E-state index in [0.717, 1.165) is 18.1 Å². The molecule has 0 spiro atoms. The summed E-state index contributed by atoms with van der Waals surface area (Å²) in [6.45, 7) is 14.4. The Morgan fingerprint density at radius 2 is 2.10 bits per heavy atom. The molecule has 1 aromatic heterocycles. The Bertz CT molecular complexity index is 438. The molecule has 0 bridgehead atoms. The van der Waals surface area contributed by atoms with Crippen LogP contribution in [-0.2, 0) is 6.54 Å². The van der Waals surface area contributed by atoms with Gasteiger partial charge in [0.05, 0.1) is 6.61 Å². The van der Waals surface area contributed by atoms with E-state index >= 15 is 0 Å². The second-order valence-corrected chi connectivity index (χ2v) is 6.04. The van der Waals surface area contributed by atoms with Crippen molar-refractivity contribution >= 4 is 5.82 Å². The van der Waals surface area contributed by atoms with E-state index in [2.05, 4.69) is 49.8 Å². The van der Waals surface area contributed by atoms with E-state index in [4.69, 9.17) is 5.11 Å². The molecule has 2 N–H and O–H groups in total. The van der Waals surface area contributed by atoms with Crippen molar-refractivity contribution in [1.82, 2.24) is 10.3 Å². The van der Waals surface area contributed by atoms with Crippen molar-refractivity contribution in [2.24, 2.45) is 0 Å². The summed E-state index contributed by atoms with van der Waals surface area (Å²) in [5.41, 5.74) is 2.28. The van der Waals surface area contributed by atoms with Crippen molar-refractivity contribution in [2.75, 3.05) is 24.6 Å². The average molecular weight is 277 g/mol. The second kappa shape index (κ2) is 7.41. The predicted octanol–water partition coefficient (Wildman–Crippen LogP) is 2.26. The van der Waals surface area contributed by atoms with E-state index in [1.807, 2.05) is 17.9 Å². The Hall–Kier alpha value is -1.39. The summed E-state index contributed by atoms with van der Waals surface area (Å²) in [6.07, 6.45) is 1.83. The number of nitrogens with zero attached hydrogens (tertiary/aromatic N) is 2. The number of aromatic nitrogens is 1. The first-order chi connectivity index (χ1) is 9.35. The lowest BCUT2D eigenvalue weighted by Gasteiger charge is -2.24. The van der Waals surface area contributed by atoms with Gasteiger partial charge in [-0.1, -0.05) is 6.08 Å². The molecule has 0 fully saturated rings. The minimum Gasteiger partial charge on any atom is -0.395 e. The highest BCUT2D eigenvalue weighted by Gasteiger charge is 2.11. The van der Waals surface area contributed by atoms with Gasteiger partial charge in [-0.25, -0.2) is 4.98 Å². The molecule has 0 aliphatic heterocycles. The highest BCUT2D eigenvalue weighted by atomic mass is 16.3. The fourth-order valence-corrected chi connectivity index (χ4v) is 1.93. The standard InChI is InChI=1S/C16H27N3O/c1-6-7-19(8-9-20)15-11-14(10-13(2)18-15)12-17-16(3,4)5/h6,10-11,17,20H,1,7-9,12H2,2-5H3. The van der Waals surface area contributed by atoms with Gasteiger partial charge < -0.3 is 15.3 Å². The molecule has 0 saturated carbocycles. The molecular formula is C16H27N3O. The van der Waals surface area contributed by atoms with Gasteiger partial charge in [0.1, 0.15) is 5.82 Å². The van der Waals surface area contributed by atoms with Crippen LogP contribution in [0.2, 0.25) is 0 Å². The molecule has 0 saturated heterocycles. The number of rotatable bonds is 7. The minimum atomic E-state index is 0.0865. The third-order valence-corrected chi connectivity index (χ3v) is 2.87. The largest absolute Gasteiger partial charge is 0.395 e. The zero-order chi connectivity index (χ0) is 15.2. The van der Waals surface area contributed by atoms with Gasteiger partial charge in [0.15, 0.2) is 0 Å². The summed E-state index contributed by atoms with van der Waals surface area (Å²) in [4.78, 5) is 6.58. The molecule has 0 aliphatic rings. The molecule has 0 aromatic carbocycles. The summed E-state index contributed by atoms with van der Waals surface area (Å²) in [5, 5.41) is 12.6. The van der Waals surface area contributed by atoms with E-state index < -0.39 is 0 Å². The quantitative estimate of drug-likeness (QED) is 0.751. The fraction of sp³-hybridized carbons (Fsp3) is 0.562. The highest BCUT2D eigenvalue weighted by molar-refractivity contribution is 5.43. The van der Waals surface area contributed by atoms with Crippen LogP contribution in [0.3, 0.4) is 0 Å². The van der Waals surface area contributed by atoms with Crippen LogP contribution in [0.1, 0.15) is 32.0 Å². The first kappa shape index (κ1) is 16.7. The molecule has 0 unspecified atom stereocenters. The Kier molecular flexibility index (Phi) is 6.17. The van der Waals surface area contributed by atoms with Gasteiger partial charge >= 0.3 is 0 Å². The molecule has 0 atom stereocenters. The Morgan fingerprint density at radius 1 is 1.40 bits per heavy atom. The number of nitrogens with one attached hydrogen (secondary N) is 1. The highest BCUT2D eigenvalue weighted by Crippen LogP contribution is 2.16. The summed E-state index contributed by atoms with van der Waals surface area (Å²) >= 11 is 0. The van der Waals surface area contributed by atoms with E-state index in [9.17, 15) is 0 Å². The number of pyridine rings is 1. The van der Waals surface area contributed by atoms with Gasteiger partial charge in [0.25, 0.3) is 0 Å². The fourth-order valence-electron chi connectivity index (χ4n) is 1.93. The normalized spacial score (nSPS) is 11.4. The SMILES string of the molecule is C=CCN(CCO)c1cc(CNC(C)(C)C)cc(C)n1. The maximum absolute atomic E-state index is 9.16. The third-order valence-electron chi connectivity index (χ3n) is 2.87. The lowest BCUT2D eigenvalue weighted by atomic mass is 10.1. The van der Waals surface area contributed by atoms with Gasteiger partial charge in [0.2, 0.25) is 0 Å². The molecule has 4 heteroatoms. The van der Waals surface area contributed by atoms with Crippen molar-refractivity contribution in [3.63, 3.8) is 0 Å². The molecule has 0 aliphatic carbocycles. The van der Waals surface area contributed by atoms with Gasteiger partial charge in [-0.15, -0.1) is 6.58 Å². The summed E-state index contributed by atoms with van der Waals surface area (Å²) < 4.78 is 0. The van der Waals surface area contributed by atoms with Crippen LogP contribution in [0, 0.1) is 6.92 Å². The van der Waals surface area contributed by atoms with Crippen LogP contribution < -0.4 is 10.2 Å². The lowest BCUT2D eigenvalue weighted by molar-refractivity contribution is 0.302. The van der Waals surface area contributed by atoms with Crippen LogP contribution in [0.5, 0.6) is 0 Å². The number of aliphatic hydroxyl groups excluding tert-OH is 1. The monoisotopic (exact) mass is 277 g/mol. The first-order valence-electron chi connectivity index (χ1n) is 7.05. The summed E-state index contributed by atoms with van der Waals surface area (Å²) in [6, 6.07) is 4.16. The second-order valence-electron chi connectivity index (χ2n) is 6.04. The number of hydrogen-bond acceptors (Lipinski definition) is 4. The molecule has 0 amide bonds. The van der Waals surface area contributed by atoms with Crippen LogP contribution in [0.25, 0.3) is 0 Å². The van der Waals surface area contributed by atoms with Crippen LogP contribution in [0.15, 0.2) is 24.8 Å². The number of aliphatic hydroxyl groups is 1. The zero-order valence-corrected chi connectivity index (χ0v) is 13.1. The van der Waals surface area contributed by atoms with E-state index in [0.29, 0.717) is 13.1 Å². The maximum Gasteiger partial charge on any atom is 0.129 e. The van der Waals surface area contributed by atoms with Crippen LogP contribution in [-0.4, -0.2) is 35.3 Å². The molecule has 1 aromatic rings. The molecule has 4 nitrogen and oxygen atoms in total. The van der Waals surface area contributed by atoms with Crippen molar-refractivity contribution in [3.05, 3.63) is 36.0 Å². The van der Waals surface area contributed by atoms with E-state index in [-0.39, 0.29) is 12.1 Å². The number of anilines is 1. The Balaban J connectivity index is 2.91. The topological polar surface area (TPSA) is 48.4 Å². The van der Waals surface area contributed by atoms with Gasteiger partial charge in [0, 0.05) is 30.9 Å². The predicted molar refractivity (Wildman–Crippen MR) is 85.1 cm³/mol. The molecular weight excluding hydrogens is 250 g/mol. The number of aryl methyl sites for hydroxylation is 1. The van der Waals surface area contributed by atoms with Gasteiger partial charge in [-0.2, -0.15) is 0 Å². The lowest BCUT2D eigenvalue weighted by Crippen LogP contribution is -2.35. The Labute approximate surface area is 122 Å². The van der Waals surface area contributed by atoms with Crippen molar-refractivity contribution < 1.29 is 5.11 Å². The van der Waals surface area contributed by atoms with Gasteiger partial charge in [-0.05, 0) is 45.4 Å². The summed E-state index contributed by atoms with van der Waals surface area (Å²) in [5.74, 6) is 0.893. The molecule has 20 heavy (non-hydrogen) atoms. The molecule has 1 rings (SSSR count). The third kappa shape index (κ3) is 5.72. The molecule has 1 heterocycles. The van der Waals surface area contributed by atoms with Crippen molar-refractivity contribution in [2.45, 2.75) is 39.8 Å². The minimum absolute atomic E-state index is 0.0865. The smallest absolute Gasteiger partial charge is 0.129 e. The van der Waals surface area contributed by atoms with Gasteiger partial charge in [-0.3, -0.25) is 0 Å². The van der Waals surface area contributed by atoms with Crippen LogP contribution >= 0.6 is 0 Å².